The number of anilines is 1. The highest BCUT2D eigenvalue weighted by atomic mass is 79.9. The molecule has 1 heterocycles. The van der Waals surface area contributed by atoms with Gasteiger partial charge in [0, 0.05) is 23.2 Å². The minimum Gasteiger partial charge on any atom is -0.496 e. The summed E-state index contributed by atoms with van der Waals surface area (Å²) in [6, 6.07) is 10.4. The standard InChI is InChI=1S/C20H23BrN2O4S/c1-13-9-17(6-8-19(13)27-4)28(25,26)22(3)12-20(24)23-14(2)10-15-11-16(21)5-7-18(15)23/h5-9,11,14H,10,12H2,1-4H3/t14-/m1/s1. The van der Waals surface area contributed by atoms with Crippen LogP contribution in [0.3, 0.4) is 0 Å². The molecule has 0 saturated heterocycles. The predicted octanol–water partition coefficient (Wildman–Crippen LogP) is 3.36. The van der Waals surface area contributed by atoms with Crippen LogP contribution in [0.5, 0.6) is 5.75 Å². The maximum Gasteiger partial charge on any atom is 0.243 e. The van der Waals surface area contributed by atoms with E-state index in [-0.39, 0.29) is 23.4 Å². The number of hydrogen-bond acceptors (Lipinski definition) is 4. The molecule has 2 aromatic carbocycles. The monoisotopic (exact) mass is 466 g/mol. The molecular weight excluding hydrogens is 444 g/mol. The van der Waals surface area contributed by atoms with E-state index < -0.39 is 10.0 Å². The molecule has 0 fully saturated rings. The fraction of sp³-hybridized carbons (Fsp3) is 0.350. The molecule has 1 atom stereocenters. The highest BCUT2D eigenvalue weighted by Crippen LogP contribution is 2.34. The Labute approximate surface area is 174 Å². The van der Waals surface area contributed by atoms with E-state index in [9.17, 15) is 13.2 Å². The number of likely N-dealkylation sites (N-methyl/N-ethyl adjacent to an activating group) is 1. The molecule has 6 nitrogen and oxygen atoms in total. The van der Waals surface area contributed by atoms with Crippen LogP contribution in [0, 0.1) is 6.92 Å². The molecule has 1 amide bonds. The average Bonchev–Trinajstić information content (AvgIpc) is 2.96. The van der Waals surface area contributed by atoms with Gasteiger partial charge in [0.1, 0.15) is 5.75 Å². The van der Waals surface area contributed by atoms with E-state index in [4.69, 9.17) is 4.74 Å². The van der Waals surface area contributed by atoms with Crippen LogP contribution in [0.15, 0.2) is 45.8 Å². The lowest BCUT2D eigenvalue weighted by Gasteiger charge is -2.25. The fourth-order valence-electron chi connectivity index (χ4n) is 3.52. The van der Waals surface area contributed by atoms with Crippen molar-refractivity contribution in [3.8, 4) is 5.75 Å². The molecule has 0 radical (unpaired) electrons. The quantitative estimate of drug-likeness (QED) is 0.677. The van der Waals surface area contributed by atoms with Crippen LogP contribution in [-0.4, -0.2) is 45.4 Å². The molecule has 3 rings (SSSR count). The number of ether oxygens (including phenoxy) is 1. The Morgan fingerprint density at radius 3 is 2.64 bits per heavy atom. The molecule has 0 aromatic heterocycles. The molecule has 2 aromatic rings. The summed E-state index contributed by atoms with van der Waals surface area (Å²) < 4.78 is 33.1. The van der Waals surface area contributed by atoms with Gasteiger partial charge in [0.05, 0.1) is 18.6 Å². The van der Waals surface area contributed by atoms with Gasteiger partial charge >= 0.3 is 0 Å². The van der Waals surface area contributed by atoms with Gasteiger partial charge in [-0.3, -0.25) is 4.79 Å². The molecule has 1 aliphatic rings. The zero-order valence-corrected chi connectivity index (χ0v) is 18.7. The Balaban J connectivity index is 1.82. The lowest BCUT2D eigenvalue weighted by atomic mass is 10.1. The van der Waals surface area contributed by atoms with Crippen molar-refractivity contribution in [1.29, 1.82) is 0 Å². The SMILES string of the molecule is COc1ccc(S(=O)(=O)N(C)CC(=O)N2c3ccc(Br)cc3C[C@H]2C)cc1C. The summed E-state index contributed by atoms with van der Waals surface area (Å²) in [5, 5.41) is 0. The van der Waals surface area contributed by atoms with E-state index in [0.29, 0.717) is 5.75 Å². The minimum atomic E-state index is -3.79. The molecule has 150 valence electrons. The van der Waals surface area contributed by atoms with Gasteiger partial charge in [0.15, 0.2) is 0 Å². The van der Waals surface area contributed by atoms with Gasteiger partial charge in [0.25, 0.3) is 0 Å². The molecule has 1 aliphatic heterocycles. The maximum absolute atomic E-state index is 12.9. The number of nitrogens with zero attached hydrogens (tertiary/aromatic N) is 2. The summed E-state index contributed by atoms with van der Waals surface area (Å²) in [7, 11) is -0.827. The Bertz CT molecular complexity index is 1020. The van der Waals surface area contributed by atoms with Crippen LogP contribution in [0.1, 0.15) is 18.1 Å². The van der Waals surface area contributed by atoms with Crippen molar-refractivity contribution < 1.29 is 17.9 Å². The average molecular weight is 467 g/mol. The largest absolute Gasteiger partial charge is 0.496 e. The molecule has 0 saturated carbocycles. The van der Waals surface area contributed by atoms with E-state index in [2.05, 4.69) is 15.9 Å². The fourth-order valence-corrected chi connectivity index (χ4v) is 5.14. The van der Waals surface area contributed by atoms with E-state index in [1.54, 1.807) is 24.0 Å². The summed E-state index contributed by atoms with van der Waals surface area (Å²) in [5.74, 6) is 0.371. The first-order chi connectivity index (χ1) is 13.1. The number of hydrogen-bond donors (Lipinski definition) is 0. The molecule has 0 bridgehead atoms. The first kappa shape index (κ1) is 20.8. The highest BCUT2D eigenvalue weighted by Gasteiger charge is 2.33. The van der Waals surface area contributed by atoms with Gasteiger partial charge in [0.2, 0.25) is 15.9 Å². The van der Waals surface area contributed by atoms with Crippen molar-refractivity contribution >= 4 is 37.5 Å². The lowest BCUT2D eigenvalue weighted by molar-refractivity contribution is -0.118. The third kappa shape index (κ3) is 3.81. The summed E-state index contributed by atoms with van der Waals surface area (Å²) >= 11 is 3.45. The Kier molecular flexibility index (Phi) is 5.84. The van der Waals surface area contributed by atoms with Crippen molar-refractivity contribution in [2.24, 2.45) is 0 Å². The number of halogens is 1. The molecule has 0 aliphatic carbocycles. The van der Waals surface area contributed by atoms with Gasteiger partial charge in [-0.2, -0.15) is 4.31 Å². The molecule has 0 N–H and O–H groups in total. The van der Waals surface area contributed by atoms with Crippen LogP contribution in [-0.2, 0) is 21.2 Å². The van der Waals surface area contributed by atoms with Gasteiger partial charge in [-0.15, -0.1) is 0 Å². The number of sulfonamides is 1. The number of methoxy groups -OCH3 is 1. The summed E-state index contributed by atoms with van der Waals surface area (Å²) in [4.78, 5) is 14.8. The number of rotatable bonds is 5. The van der Waals surface area contributed by atoms with Gasteiger partial charge in [-0.25, -0.2) is 8.42 Å². The molecule has 28 heavy (non-hydrogen) atoms. The van der Waals surface area contributed by atoms with Crippen LogP contribution < -0.4 is 9.64 Å². The van der Waals surface area contributed by atoms with Crippen molar-refractivity contribution in [2.45, 2.75) is 31.2 Å². The topological polar surface area (TPSA) is 66.9 Å². The number of carbonyl (C=O) groups is 1. The molecular formula is C20H23BrN2O4S. The number of fused-ring (bicyclic) bond motifs is 1. The second-order valence-corrected chi connectivity index (χ2v) is 9.94. The van der Waals surface area contributed by atoms with Gasteiger partial charge in [-0.05, 0) is 67.8 Å². The molecule has 8 heteroatoms. The third-order valence-electron chi connectivity index (χ3n) is 4.96. The van der Waals surface area contributed by atoms with Crippen molar-refractivity contribution in [3.63, 3.8) is 0 Å². The van der Waals surface area contributed by atoms with E-state index >= 15 is 0 Å². The Hall–Kier alpha value is -1.90. The summed E-state index contributed by atoms with van der Waals surface area (Å²) in [5.41, 5.74) is 2.63. The van der Waals surface area contributed by atoms with Crippen LogP contribution in [0.25, 0.3) is 0 Å². The normalized spacial score (nSPS) is 16.4. The molecule has 0 spiro atoms. The first-order valence-corrected chi connectivity index (χ1v) is 11.1. The Morgan fingerprint density at radius 1 is 1.29 bits per heavy atom. The highest BCUT2D eigenvalue weighted by molar-refractivity contribution is 9.10. The van der Waals surface area contributed by atoms with Crippen molar-refractivity contribution in [3.05, 3.63) is 52.0 Å². The van der Waals surface area contributed by atoms with Crippen LogP contribution >= 0.6 is 15.9 Å². The summed E-state index contributed by atoms with van der Waals surface area (Å²) in [6.07, 6.45) is 0.745. The van der Waals surface area contributed by atoms with Crippen molar-refractivity contribution in [1.82, 2.24) is 4.31 Å². The van der Waals surface area contributed by atoms with E-state index in [1.165, 1.54) is 20.2 Å². The van der Waals surface area contributed by atoms with Gasteiger partial charge < -0.3 is 9.64 Å². The number of aryl methyl sites for hydroxylation is 1. The Morgan fingerprint density at radius 2 is 2.00 bits per heavy atom. The number of carbonyl (C=O) groups excluding carboxylic acids is 1. The van der Waals surface area contributed by atoms with Crippen LogP contribution in [0.4, 0.5) is 5.69 Å². The minimum absolute atomic E-state index is 0.0175. The zero-order valence-electron chi connectivity index (χ0n) is 16.3. The number of benzene rings is 2. The summed E-state index contributed by atoms with van der Waals surface area (Å²) in [6.45, 7) is 3.52. The van der Waals surface area contributed by atoms with Crippen LogP contribution in [0.2, 0.25) is 0 Å². The van der Waals surface area contributed by atoms with Crippen molar-refractivity contribution in [2.75, 3.05) is 25.6 Å². The molecule has 0 unspecified atom stereocenters. The second kappa shape index (κ2) is 7.85. The number of amides is 1. The smallest absolute Gasteiger partial charge is 0.243 e. The van der Waals surface area contributed by atoms with Gasteiger partial charge in [-0.1, -0.05) is 15.9 Å². The predicted molar refractivity (Wildman–Crippen MR) is 112 cm³/mol. The van der Waals surface area contributed by atoms with E-state index in [1.807, 2.05) is 25.1 Å². The maximum atomic E-state index is 12.9. The first-order valence-electron chi connectivity index (χ1n) is 8.86. The lowest BCUT2D eigenvalue weighted by Crippen LogP contribution is -2.43. The third-order valence-corrected chi connectivity index (χ3v) is 7.25. The zero-order chi connectivity index (χ0) is 20.6. The second-order valence-electron chi connectivity index (χ2n) is 6.98. The van der Waals surface area contributed by atoms with E-state index in [0.717, 1.165) is 32.0 Å².